The Bertz CT molecular complexity index is 2100. The summed E-state index contributed by atoms with van der Waals surface area (Å²) < 4.78 is 7.48. The lowest BCUT2D eigenvalue weighted by molar-refractivity contribution is -0.134. The van der Waals surface area contributed by atoms with Gasteiger partial charge in [-0.25, -0.2) is 0 Å². The van der Waals surface area contributed by atoms with E-state index in [2.05, 4.69) is 15.5 Å². The highest BCUT2D eigenvalue weighted by Crippen LogP contribution is 2.39. The van der Waals surface area contributed by atoms with Crippen LogP contribution in [0.3, 0.4) is 0 Å². The van der Waals surface area contributed by atoms with Crippen molar-refractivity contribution in [3.05, 3.63) is 92.3 Å². The molecule has 12 heteroatoms. The third kappa shape index (κ3) is 8.10. The summed E-state index contributed by atoms with van der Waals surface area (Å²) >= 11 is 13.7. The van der Waals surface area contributed by atoms with Crippen LogP contribution in [0.2, 0.25) is 10.0 Å². The number of halogens is 2. The number of ether oxygens (including phenoxy) is 1. The maximum atomic E-state index is 13.4. The van der Waals surface area contributed by atoms with Gasteiger partial charge in [0.1, 0.15) is 11.8 Å². The smallest absolute Gasteiger partial charge is 0.258 e. The number of aryl methyl sites for hydroxylation is 1. The number of fused-ring (bicyclic) bond motifs is 1. The zero-order valence-electron chi connectivity index (χ0n) is 30.1. The standard InChI is InChI=1S/C41H45Cl2N5O5/c1-46-23-33(30-5-3-4-6-31(30)41(46)52)27-20-34(42)32(37(21-27)53-2)19-25-11-15-47(16-12-25)24-39(50)48-17-13-26(14-18-48)29-8-7-28(22-35(29)43)44-36-9-10-38(49)45-40(36)51/h3-8,20-23,25-26,36,44H,9-19,24H2,1-2H3,(H,45,49,51). The maximum absolute atomic E-state index is 13.4. The zero-order chi connectivity index (χ0) is 37.2. The third-order valence-corrected chi connectivity index (χ3v) is 11.9. The van der Waals surface area contributed by atoms with Gasteiger partial charge in [0.25, 0.3) is 5.56 Å². The number of carbonyl (C=O) groups excluding carboxylic acids is 3. The van der Waals surface area contributed by atoms with Crippen molar-refractivity contribution in [3.8, 4) is 16.9 Å². The number of nitrogens with zero attached hydrogens (tertiary/aromatic N) is 3. The number of nitrogens with one attached hydrogen (secondary N) is 2. The van der Waals surface area contributed by atoms with Gasteiger partial charge in [0.15, 0.2) is 0 Å². The fourth-order valence-electron chi connectivity index (χ4n) is 8.14. The first-order valence-electron chi connectivity index (χ1n) is 18.4. The fraction of sp³-hybridized carbons (Fsp3) is 0.415. The van der Waals surface area contributed by atoms with E-state index in [9.17, 15) is 19.2 Å². The molecule has 0 radical (unpaired) electrons. The molecule has 0 bridgehead atoms. The largest absolute Gasteiger partial charge is 0.496 e. The molecule has 3 fully saturated rings. The first-order chi connectivity index (χ1) is 25.6. The molecule has 0 aliphatic carbocycles. The summed E-state index contributed by atoms with van der Waals surface area (Å²) in [6.07, 6.45) is 7.03. The number of carbonyl (C=O) groups is 3. The number of piperidine rings is 3. The van der Waals surface area contributed by atoms with Crippen LogP contribution in [-0.2, 0) is 27.9 Å². The first kappa shape index (κ1) is 37.0. The number of likely N-dealkylation sites (tertiary alicyclic amines) is 2. The minimum atomic E-state index is -0.462. The molecule has 3 amide bonds. The van der Waals surface area contributed by atoms with Gasteiger partial charge in [-0.2, -0.15) is 0 Å². The molecule has 3 aliphatic rings. The Morgan fingerprint density at radius 3 is 2.34 bits per heavy atom. The lowest BCUT2D eigenvalue weighted by Gasteiger charge is -2.36. The van der Waals surface area contributed by atoms with Gasteiger partial charge in [0.2, 0.25) is 17.7 Å². The highest BCUT2D eigenvalue weighted by molar-refractivity contribution is 6.32. The number of rotatable bonds is 9. The van der Waals surface area contributed by atoms with E-state index < -0.39 is 6.04 Å². The van der Waals surface area contributed by atoms with Gasteiger partial charge in [0, 0.05) is 65.0 Å². The number of pyridine rings is 1. The van der Waals surface area contributed by atoms with Crippen LogP contribution in [0.1, 0.15) is 55.6 Å². The predicted octanol–water partition coefficient (Wildman–Crippen LogP) is 6.40. The molecule has 1 unspecified atom stereocenters. The van der Waals surface area contributed by atoms with Crippen LogP contribution in [0.25, 0.3) is 21.9 Å². The second-order valence-corrected chi connectivity index (χ2v) is 15.4. The number of aromatic nitrogens is 1. The number of anilines is 1. The topological polar surface area (TPSA) is 113 Å². The van der Waals surface area contributed by atoms with Gasteiger partial charge < -0.3 is 19.5 Å². The molecule has 1 aromatic heterocycles. The average Bonchev–Trinajstić information content (AvgIpc) is 3.16. The Morgan fingerprint density at radius 1 is 0.906 bits per heavy atom. The number of benzene rings is 3. The molecule has 7 rings (SSSR count). The van der Waals surface area contributed by atoms with Crippen molar-refractivity contribution in [2.75, 3.05) is 45.2 Å². The van der Waals surface area contributed by atoms with Gasteiger partial charge in [0.05, 0.1) is 13.7 Å². The van der Waals surface area contributed by atoms with Gasteiger partial charge in [-0.15, -0.1) is 0 Å². The highest BCUT2D eigenvalue weighted by atomic mass is 35.5. The molecule has 0 saturated carbocycles. The van der Waals surface area contributed by atoms with E-state index in [1.807, 2.05) is 65.7 Å². The van der Waals surface area contributed by atoms with Gasteiger partial charge in [-0.3, -0.25) is 29.4 Å². The number of amides is 3. The molecule has 4 aromatic rings. The lowest BCUT2D eigenvalue weighted by Crippen LogP contribution is -2.47. The van der Waals surface area contributed by atoms with Crippen LogP contribution in [0.15, 0.2) is 65.6 Å². The van der Waals surface area contributed by atoms with E-state index in [0.29, 0.717) is 53.8 Å². The molecule has 2 N–H and O–H groups in total. The predicted molar refractivity (Wildman–Crippen MR) is 209 cm³/mol. The third-order valence-electron chi connectivity index (χ3n) is 11.2. The lowest BCUT2D eigenvalue weighted by atomic mass is 9.88. The maximum Gasteiger partial charge on any atom is 0.258 e. The van der Waals surface area contributed by atoms with E-state index in [-0.39, 0.29) is 29.2 Å². The monoisotopic (exact) mass is 757 g/mol. The number of hydrogen-bond donors (Lipinski definition) is 2. The van der Waals surface area contributed by atoms with Gasteiger partial charge in [-0.1, -0.05) is 47.5 Å². The van der Waals surface area contributed by atoms with Crippen LogP contribution >= 0.6 is 23.2 Å². The van der Waals surface area contributed by atoms with Crippen LogP contribution in [0.4, 0.5) is 5.69 Å². The van der Waals surface area contributed by atoms with E-state index in [1.54, 1.807) is 18.7 Å². The summed E-state index contributed by atoms with van der Waals surface area (Å²) in [6.45, 7) is 3.50. The molecular formula is C41H45Cl2N5O5. The van der Waals surface area contributed by atoms with Gasteiger partial charge in [-0.05, 0) is 110 Å². The van der Waals surface area contributed by atoms with Crippen LogP contribution < -0.4 is 20.9 Å². The van der Waals surface area contributed by atoms with E-state index in [1.165, 1.54) is 0 Å². The molecule has 1 atom stereocenters. The second kappa shape index (κ2) is 15.9. The Balaban J connectivity index is 0.903. The molecule has 0 spiro atoms. The molecule has 3 aromatic carbocycles. The van der Waals surface area contributed by atoms with Crippen molar-refractivity contribution in [1.29, 1.82) is 0 Å². The molecular weight excluding hydrogens is 713 g/mol. The van der Waals surface area contributed by atoms with Crippen LogP contribution in [0, 0.1) is 5.92 Å². The minimum absolute atomic E-state index is 0.0377. The van der Waals surface area contributed by atoms with E-state index in [4.69, 9.17) is 27.9 Å². The van der Waals surface area contributed by atoms with Gasteiger partial charge >= 0.3 is 0 Å². The van der Waals surface area contributed by atoms with Crippen LogP contribution in [0.5, 0.6) is 5.75 Å². The van der Waals surface area contributed by atoms with Crippen molar-refractivity contribution < 1.29 is 19.1 Å². The molecule has 3 saturated heterocycles. The van der Waals surface area contributed by atoms with Crippen molar-refractivity contribution in [3.63, 3.8) is 0 Å². The molecule has 10 nitrogen and oxygen atoms in total. The summed E-state index contributed by atoms with van der Waals surface area (Å²) in [6, 6.07) is 17.0. The first-order valence-corrected chi connectivity index (χ1v) is 19.2. The van der Waals surface area contributed by atoms with E-state index in [0.717, 1.165) is 84.3 Å². The average molecular weight is 759 g/mol. The number of imide groups is 1. The fourth-order valence-corrected chi connectivity index (χ4v) is 8.77. The molecule has 4 heterocycles. The Kier molecular flexibility index (Phi) is 11.1. The van der Waals surface area contributed by atoms with Crippen LogP contribution in [-0.4, -0.2) is 78.0 Å². The summed E-state index contributed by atoms with van der Waals surface area (Å²) in [5, 5.41) is 8.40. The Morgan fingerprint density at radius 2 is 1.64 bits per heavy atom. The molecule has 53 heavy (non-hydrogen) atoms. The zero-order valence-corrected chi connectivity index (χ0v) is 31.6. The summed E-state index contributed by atoms with van der Waals surface area (Å²) in [5.74, 6) is 1.03. The highest BCUT2D eigenvalue weighted by Gasteiger charge is 2.30. The summed E-state index contributed by atoms with van der Waals surface area (Å²) in [4.78, 5) is 54.0. The Labute approximate surface area is 319 Å². The van der Waals surface area contributed by atoms with Crippen molar-refractivity contribution in [2.24, 2.45) is 13.0 Å². The van der Waals surface area contributed by atoms with Crippen molar-refractivity contribution in [1.82, 2.24) is 19.7 Å². The molecule has 3 aliphatic heterocycles. The quantitative estimate of drug-likeness (QED) is 0.190. The van der Waals surface area contributed by atoms with Crippen molar-refractivity contribution >= 4 is 57.4 Å². The SMILES string of the molecule is COc1cc(-c2cn(C)c(=O)c3ccccc23)cc(Cl)c1CC1CCN(CC(=O)N2CCC(c3ccc(NC4CCC(=O)NC4=O)cc3Cl)CC2)CC1. The number of methoxy groups -OCH3 is 1. The minimum Gasteiger partial charge on any atom is -0.496 e. The number of hydrogen-bond acceptors (Lipinski definition) is 7. The summed E-state index contributed by atoms with van der Waals surface area (Å²) in [5.41, 5.74) is 4.59. The Hall–Kier alpha value is -4.38. The second-order valence-electron chi connectivity index (χ2n) is 14.6. The van der Waals surface area contributed by atoms with Crippen molar-refractivity contribution in [2.45, 2.75) is 56.9 Å². The normalized spacial score (nSPS) is 19.0. The van der Waals surface area contributed by atoms with E-state index >= 15 is 0 Å². The summed E-state index contributed by atoms with van der Waals surface area (Å²) in [7, 11) is 3.43. The molecule has 278 valence electrons.